The molecule has 0 aromatic heterocycles. The van der Waals surface area contributed by atoms with Gasteiger partial charge in [-0.3, -0.25) is 0 Å². The molecule has 104 valence electrons. The molecule has 20 heavy (non-hydrogen) atoms. The number of carboxylic acids is 1. The molecule has 0 saturated carbocycles. The van der Waals surface area contributed by atoms with Crippen molar-refractivity contribution in [1.82, 2.24) is 0 Å². The molecule has 0 aliphatic rings. The molecular formula is C15H13ClO4. The molecule has 2 aromatic rings. The SMILES string of the molecule is COc1ccc(-c2cc(C(=O)O)ccc2Cl)c(OC)c1. The maximum Gasteiger partial charge on any atom is 0.335 e. The lowest BCUT2D eigenvalue weighted by Crippen LogP contribution is -1.97. The lowest BCUT2D eigenvalue weighted by Gasteiger charge is -2.12. The summed E-state index contributed by atoms with van der Waals surface area (Å²) in [7, 11) is 3.10. The van der Waals surface area contributed by atoms with Crippen LogP contribution in [0.5, 0.6) is 11.5 Å². The summed E-state index contributed by atoms with van der Waals surface area (Å²) >= 11 is 6.16. The first kappa shape index (κ1) is 14.2. The molecule has 0 aliphatic heterocycles. The van der Waals surface area contributed by atoms with Crippen molar-refractivity contribution in [2.75, 3.05) is 14.2 Å². The van der Waals surface area contributed by atoms with E-state index in [0.29, 0.717) is 27.6 Å². The molecule has 1 N–H and O–H groups in total. The van der Waals surface area contributed by atoms with Crippen molar-refractivity contribution in [3.05, 3.63) is 47.0 Å². The fraction of sp³-hybridized carbons (Fsp3) is 0.133. The van der Waals surface area contributed by atoms with Gasteiger partial charge in [-0.25, -0.2) is 4.79 Å². The molecule has 5 heteroatoms. The van der Waals surface area contributed by atoms with E-state index in [1.165, 1.54) is 19.2 Å². The Balaban J connectivity index is 2.61. The summed E-state index contributed by atoms with van der Waals surface area (Å²) in [5.74, 6) is 0.209. The van der Waals surface area contributed by atoms with Gasteiger partial charge in [0.25, 0.3) is 0 Å². The summed E-state index contributed by atoms with van der Waals surface area (Å²) in [6, 6.07) is 9.81. The van der Waals surface area contributed by atoms with Crippen LogP contribution in [0.2, 0.25) is 5.02 Å². The molecule has 0 amide bonds. The molecule has 0 atom stereocenters. The van der Waals surface area contributed by atoms with Crippen LogP contribution in [0.4, 0.5) is 0 Å². The quantitative estimate of drug-likeness (QED) is 0.933. The third-order valence-electron chi connectivity index (χ3n) is 2.91. The predicted octanol–water partition coefficient (Wildman–Crippen LogP) is 3.72. The maximum atomic E-state index is 11.1. The van der Waals surface area contributed by atoms with Crippen LogP contribution in [0.3, 0.4) is 0 Å². The fourth-order valence-electron chi connectivity index (χ4n) is 1.89. The minimum absolute atomic E-state index is 0.169. The highest BCUT2D eigenvalue weighted by Gasteiger charge is 2.13. The number of hydrogen-bond acceptors (Lipinski definition) is 3. The number of carboxylic acid groups (broad SMARTS) is 1. The summed E-state index contributed by atoms with van der Waals surface area (Å²) in [6.07, 6.45) is 0. The van der Waals surface area contributed by atoms with Gasteiger partial charge in [-0.05, 0) is 30.3 Å². The molecular weight excluding hydrogens is 280 g/mol. The predicted molar refractivity (Wildman–Crippen MR) is 77.0 cm³/mol. The Morgan fingerprint density at radius 1 is 1.05 bits per heavy atom. The Hall–Kier alpha value is -2.20. The van der Waals surface area contributed by atoms with Crippen molar-refractivity contribution in [2.45, 2.75) is 0 Å². The van der Waals surface area contributed by atoms with Crippen molar-refractivity contribution < 1.29 is 19.4 Å². The van der Waals surface area contributed by atoms with Gasteiger partial charge in [0.1, 0.15) is 11.5 Å². The monoisotopic (exact) mass is 292 g/mol. The van der Waals surface area contributed by atoms with E-state index in [9.17, 15) is 4.79 Å². The highest BCUT2D eigenvalue weighted by atomic mass is 35.5. The molecule has 0 unspecified atom stereocenters. The van der Waals surface area contributed by atoms with E-state index in [0.717, 1.165) is 0 Å². The van der Waals surface area contributed by atoms with Gasteiger partial charge in [-0.1, -0.05) is 11.6 Å². The molecule has 0 saturated heterocycles. The molecule has 2 aromatic carbocycles. The van der Waals surface area contributed by atoms with Crippen LogP contribution < -0.4 is 9.47 Å². The maximum absolute atomic E-state index is 11.1. The molecule has 4 nitrogen and oxygen atoms in total. The number of carbonyl (C=O) groups is 1. The zero-order valence-electron chi connectivity index (χ0n) is 11.0. The Labute approximate surface area is 121 Å². The first-order valence-electron chi connectivity index (χ1n) is 5.82. The fourth-order valence-corrected chi connectivity index (χ4v) is 2.11. The number of aromatic carboxylic acids is 1. The van der Waals surface area contributed by atoms with Gasteiger partial charge in [-0.15, -0.1) is 0 Å². The van der Waals surface area contributed by atoms with E-state index in [-0.39, 0.29) is 5.56 Å². The zero-order chi connectivity index (χ0) is 14.7. The average Bonchev–Trinajstić information content (AvgIpc) is 2.47. The van der Waals surface area contributed by atoms with Crippen molar-refractivity contribution in [1.29, 1.82) is 0 Å². The van der Waals surface area contributed by atoms with Gasteiger partial charge in [0.2, 0.25) is 0 Å². The Morgan fingerprint density at radius 2 is 1.80 bits per heavy atom. The Bertz CT molecular complexity index is 652. The second-order valence-electron chi connectivity index (χ2n) is 4.07. The number of ether oxygens (including phenoxy) is 2. The van der Waals surface area contributed by atoms with E-state index >= 15 is 0 Å². The Morgan fingerprint density at radius 3 is 2.40 bits per heavy atom. The van der Waals surface area contributed by atoms with Crippen LogP contribution in [0.15, 0.2) is 36.4 Å². The standard InChI is InChI=1S/C15H13ClO4/c1-19-10-4-5-11(14(8-10)20-2)12-7-9(15(17)18)3-6-13(12)16/h3-8H,1-2H3,(H,17,18). The Kier molecular flexibility index (Phi) is 4.15. The average molecular weight is 293 g/mol. The van der Waals surface area contributed by atoms with E-state index < -0.39 is 5.97 Å². The third kappa shape index (κ3) is 2.70. The van der Waals surface area contributed by atoms with E-state index in [4.69, 9.17) is 26.2 Å². The highest BCUT2D eigenvalue weighted by molar-refractivity contribution is 6.33. The van der Waals surface area contributed by atoms with Crippen LogP contribution in [-0.4, -0.2) is 25.3 Å². The number of benzene rings is 2. The van der Waals surface area contributed by atoms with Crippen LogP contribution in [-0.2, 0) is 0 Å². The van der Waals surface area contributed by atoms with E-state index in [1.807, 2.05) is 0 Å². The lowest BCUT2D eigenvalue weighted by molar-refractivity contribution is 0.0697. The lowest BCUT2D eigenvalue weighted by atomic mass is 10.0. The smallest absolute Gasteiger partial charge is 0.335 e. The van der Waals surface area contributed by atoms with Crippen molar-refractivity contribution in [3.63, 3.8) is 0 Å². The topological polar surface area (TPSA) is 55.8 Å². The first-order valence-corrected chi connectivity index (χ1v) is 6.20. The van der Waals surface area contributed by atoms with Gasteiger partial charge in [0.05, 0.1) is 19.8 Å². The molecule has 0 radical (unpaired) electrons. The van der Waals surface area contributed by atoms with Gasteiger partial charge >= 0.3 is 5.97 Å². The number of methoxy groups -OCH3 is 2. The number of halogens is 1. The van der Waals surface area contributed by atoms with Crippen molar-refractivity contribution >= 4 is 17.6 Å². The minimum Gasteiger partial charge on any atom is -0.497 e. The van der Waals surface area contributed by atoms with Crippen LogP contribution in [0, 0.1) is 0 Å². The second kappa shape index (κ2) is 5.84. The van der Waals surface area contributed by atoms with E-state index in [1.54, 1.807) is 31.4 Å². The summed E-state index contributed by atoms with van der Waals surface area (Å²) in [4.78, 5) is 11.1. The number of hydrogen-bond donors (Lipinski definition) is 1. The first-order chi connectivity index (χ1) is 9.56. The second-order valence-corrected chi connectivity index (χ2v) is 4.47. The van der Waals surface area contributed by atoms with Crippen LogP contribution in [0.1, 0.15) is 10.4 Å². The molecule has 0 fully saturated rings. The van der Waals surface area contributed by atoms with Gasteiger partial charge < -0.3 is 14.6 Å². The van der Waals surface area contributed by atoms with E-state index in [2.05, 4.69) is 0 Å². The van der Waals surface area contributed by atoms with Crippen molar-refractivity contribution in [3.8, 4) is 22.6 Å². The molecule has 0 aliphatic carbocycles. The van der Waals surface area contributed by atoms with Gasteiger partial charge in [-0.2, -0.15) is 0 Å². The number of rotatable bonds is 4. The largest absolute Gasteiger partial charge is 0.497 e. The third-order valence-corrected chi connectivity index (χ3v) is 3.24. The minimum atomic E-state index is -1.00. The van der Waals surface area contributed by atoms with Crippen LogP contribution >= 0.6 is 11.6 Å². The van der Waals surface area contributed by atoms with Gasteiger partial charge in [0, 0.05) is 22.2 Å². The van der Waals surface area contributed by atoms with Gasteiger partial charge in [0.15, 0.2) is 0 Å². The highest BCUT2D eigenvalue weighted by Crippen LogP contribution is 2.37. The zero-order valence-corrected chi connectivity index (χ0v) is 11.8. The molecule has 0 heterocycles. The van der Waals surface area contributed by atoms with Crippen molar-refractivity contribution in [2.24, 2.45) is 0 Å². The molecule has 0 spiro atoms. The van der Waals surface area contributed by atoms with Crippen LogP contribution in [0.25, 0.3) is 11.1 Å². The summed E-state index contributed by atoms with van der Waals surface area (Å²) in [5, 5.41) is 9.52. The molecule has 0 bridgehead atoms. The summed E-state index contributed by atoms with van der Waals surface area (Å²) in [6.45, 7) is 0. The normalized spacial score (nSPS) is 10.2. The summed E-state index contributed by atoms with van der Waals surface area (Å²) < 4.78 is 10.4. The molecule has 2 rings (SSSR count). The summed E-state index contributed by atoms with van der Waals surface area (Å²) in [5.41, 5.74) is 1.48.